The highest BCUT2D eigenvalue weighted by molar-refractivity contribution is 5.80. The molecule has 0 spiro atoms. The van der Waals surface area contributed by atoms with Crippen LogP contribution < -0.4 is 15.0 Å². The molecule has 1 aliphatic carbocycles. The Bertz CT molecular complexity index is 1750. The van der Waals surface area contributed by atoms with Gasteiger partial charge >= 0.3 is 12.2 Å². The number of rotatable bonds is 6. The molecule has 1 aliphatic rings. The van der Waals surface area contributed by atoms with Crippen LogP contribution in [0.3, 0.4) is 0 Å². The number of hydrogen-bond acceptors (Lipinski definition) is 7. The standard InChI is InChI=1S/C26H21F3N6O3/c1-37-24-19(12-31-25(32-24)38-2)20-11-18(23-30-7-8-35(23)33-20)17-10-16(17)15-4-3-14-5-6-22(36)34(21(14)9-15)13-26(27,28)29/h3-9,11-12,16-17H,10,13H2,1-2H3/t16-,17+/m1/s1. The molecule has 0 radical (unpaired) electrons. The van der Waals surface area contributed by atoms with Gasteiger partial charge < -0.3 is 9.47 Å². The Kier molecular flexibility index (Phi) is 5.55. The topological polar surface area (TPSA) is 96.4 Å². The van der Waals surface area contributed by atoms with Crippen molar-refractivity contribution in [3.8, 4) is 23.1 Å². The Balaban J connectivity index is 1.40. The molecule has 0 aliphatic heterocycles. The minimum atomic E-state index is -4.51. The van der Waals surface area contributed by atoms with E-state index in [1.54, 1.807) is 41.3 Å². The monoisotopic (exact) mass is 522 g/mol. The lowest BCUT2D eigenvalue weighted by Gasteiger charge is -2.14. The fourth-order valence-electron chi connectivity index (χ4n) is 4.91. The first-order valence-corrected chi connectivity index (χ1v) is 11.8. The third-order valence-corrected chi connectivity index (χ3v) is 6.74. The molecular formula is C26H21F3N6O3. The van der Waals surface area contributed by atoms with Gasteiger partial charge in [0.15, 0.2) is 5.65 Å². The Morgan fingerprint density at radius 1 is 1.05 bits per heavy atom. The summed E-state index contributed by atoms with van der Waals surface area (Å²) in [4.78, 5) is 25.2. The van der Waals surface area contributed by atoms with E-state index in [1.165, 1.54) is 20.3 Å². The summed E-state index contributed by atoms with van der Waals surface area (Å²) < 4.78 is 52.6. The number of ether oxygens (including phenoxy) is 2. The first-order chi connectivity index (χ1) is 18.3. The fraction of sp³-hybridized carbons (Fsp3) is 0.269. The van der Waals surface area contributed by atoms with Gasteiger partial charge in [0.2, 0.25) is 5.88 Å². The van der Waals surface area contributed by atoms with Crippen LogP contribution in [-0.4, -0.2) is 49.5 Å². The summed E-state index contributed by atoms with van der Waals surface area (Å²) >= 11 is 0. The second-order valence-electron chi connectivity index (χ2n) is 9.10. The summed E-state index contributed by atoms with van der Waals surface area (Å²) in [5.74, 6) is 0.397. The van der Waals surface area contributed by atoms with Gasteiger partial charge in [-0.15, -0.1) is 0 Å². The molecule has 12 heteroatoms. The first-order valence-electron chi connectivity index (χ1n) is 11.8. The van der Waals surface area contributed by atoms with Crippen molar-refractivity contribution >= 4 is 16.6 Å². The SMILES string of the molecule is COc1ncc(-c2cc([C@H]3C[C@@H]3c3ccc4ccc(=O)n(CC(F)(F)F)c4c3)c3nccn3n2)c(OC)n1. The quantitative estimate of drug-likeness (QED) is 0.327. The van der Waals surface area contributed by atoms with E-state index in [0.29, 0.717) is 28.2 Å². The fourth-order valence-corrected chi connectivity index (χ4v) is 4.91. The van der Waals surface area contributed by atoms with Crippen LogP contribution in [0.4, 0.5) is 13.2 Å². The highest BCUT2D eigenvalue weighted by Gasteiger charge is 2.42. The van der Waals surface area contributed by atoms with Crippen LogP contribution in [0.5, 0.6) is 11.9 Å². The zero-order chi connectivity index (χ0) is 26.6. The largest absolute Gasteiger partial charge is 0.480 e. The number of nitrogens with zero attached hydrogens (tertiary/aromatic N) is 6. The normalized spacial score (nSPS) is 17.2. The van der Waals surface area contributed by atoms with Gasteiger partial charge in [0, 0.05) is 30.2 Å². The number of hydrogen-bond donors (Lipinski definition) is 0. The molecule has 194 valence electrons. The van der Waals surface area contributed by atoms with E-state index in [9.17, 15) is 18.0 Å². The van der Waals surface area contributed by atoms with E-state index in [2.05, 4.69) is 20.1 Å². The van der Waals surface area contributed by atoms with Gasteiger partial charge in [-0.1, -0.05) is 12.1 Å². The average Bonchev–Trinajstić information content (AvgIpc) is 3.56. The number of halogens is 3. The maximum atomic E-state index is 13.2. The van der Waals surface area contributed by atoms with E-state index >= 15 is 0 Å². The van der Waals surface area contributed by atoms with Crippen molar-refractivity contribution in [3.63, 3.8) is 0 Å². The number of fused-ring (bicyclic) bond motifs is 2. The van der Waals surface area contributed by atoms with Gasteiger partial charge in [0.1, 0.15) is 6.54 Å². The van der Waals surface area contributed by atoms with Crippen molar-refractivity contribution in [2.75, 3.05) is 14.2 Å². The third kappa shape index (κ3) is 4.21. The maximum Gasteiger partial charge on any atom is 0.406 e. The van der Waals surface area contributed by atoms with Gasteiger partial charge in [-0.3, -0.25) is 9.36 Å². The molecule has 2 atom stereocenters. The summed E-state index contributed by atoms with van der Waals surface area (Å²) in [6.45, 7) is -1.34. The van der Waals surface area contributed by atoms with Crippen molar-refractivity contribution in [1.29, 1.82) is 0 Å². The van der Waals surface area contributed by atoms with Crippen LogP contribution in [0.25, 0.3) is 27.8 Å². The molecule has 0 bridgehead atoms. The first kappa shape index (κ1) is 23.9. The van der Waals surface area contributed by atoms with E-state index in [-0.39, 0.29) is 23.4 Å². The zero-order valence-electron chi connectivity index (χ0n) is 20.3. The lowest BCUT2D eigenvalue weighted by molar-refractivity contribution is -0.140. The van der Waals surface area contributed by atoms with Crippen molar-refractivity contribution in [3.05, 3.63) is 76.5 Å². The summed E-state index contributed by atoms with van der Waals surface area (Å²) in [6.07, 6.45) is 1.22. The minimum absolute atomic E-state index is 0.0406. The van der Waals surface area contributed by atoms with Gasteiger partial charge in [0.25, 0.3) is 5.56 Å². The Morgan fingerprint density at radius 3 is 2.63 bits per heavy atom. The van der Waals surface area contributed by atoms with E-state index in [4.69, 9.17) is 9.47 Å². The van der Waals surface area contributed by atoms with E-state index < -0.39 is 18.3 Å². The maximum absolute atomic E-state index is 13.2. The third-order valence-electron chi connectivity index (χ3n) is 6.74. The second kappa shape index (κ2) is 8.82. The summed E-state index contributed by atoms with van der Waals surface area (Å²) in [5.41, 5.74) is 3.20. The van der Waals surface area contributed by atoms with Crippen LogP contribution in [0, 0.1) is 0 Å². The van der Waals surface area contributed by atoms with Gasteiger partial charge in [-0.05, 0) is 47.4 Å². The molecule has 4 heterocycles. The number of benzene rings is 1. The molecule has 9 nitrogen and oxygen atoms in total. The van der Waals surface area contributed by atoms with Crippen LogP contribution in [0.2, 0.25) is 0 Å². The number of alkyl halides is 3. The van der Waals surface area contributed by atoms with Crippen molar-refractivity contribution in [2.24, 2.45) is 0 Å². The molecule has 1 fully saturated rings. The molecule has 1 saturated carbocycles. The molecule has 5 aromatic rings. The summed E-state index contributed by atoms with van der Waals surface area (Å²) in [7, 11) is 2.96. The molecule has 0 saturated heterocycles. The average molecular weight is 522 g/mol. The summed E-state index contributed by atoms with van der Waals surface area (Å²) in [6, 6.07) is 10.1. The molecule has 6 rings (SSSR count). The lowest BCUT2D eigenvalue weighted by atomic mass is 10.0. The van der Waals surface area contributed by atoms with E-state index in [1.807, 2.05) is 12.1 Å². The molecular weight excluding hydrogens is 501 g/mol. The predicted molar refractivity (Wildman–Crippen MR) is 131 cm³/mol. The van der Waals surface area contributed by atoms with Crippen molar-refractivity contribution in [2.45, 2.75) is 31.0 Å². The highest BCUT2D eigenvalue weighted by Crippen LogP contribution is 2.56. The van der Waals surface area contributed by atoms with Crippen molar-refractivity contribution in [1.82, 2.24) is 29.1 Å². The van der Waals surface area contributed by atoms with Crippen LogP contribution >= 0.6 is 0 Å². The highest BCUT2D eigenvalue weighted by atomic mass is 19.4. The van der Waals surface area contributed by atoms with Crippen LogP contribution in [-0.2, 0) is 6.54 Å². The summed E-state index contributed by atoms with van der Waals surface area (Å²) in [5, 5.41) is 5.22. The van der Waals surface area contributed by atoms with Gasteiger partial charge in [0.05, 0.1) is 31.0 Å². The van der Waals surface area contributed by atoms with Gasteiger partial charge in [-0.2, -0.15) is 23.3 Å². The number of aromatic nitrogens is 6. The van der Waals surface area contributed by atoms with Crippen LogP contribution in [0.15, 0.2) is 59.8 Å². The van der Waals surface area contributed by atoms with E-state index in [0.717, 1.165) is 22.1 Å². The Hall–Kier alpha value is -4.48. The predicted octanol–water partition coefficient (Wildman–Crippen LogP) is 4.35. The van der Waals surface area contributed by atoms with Crippen LogP contribution in [0.1, 0.15) is 29.4 Å². The minimum Gasteiger partial charge on any atom is -0.480 e. The molecule has 0 N–H and O–H groups in total. The molecule has 4 aromatic heterocycles. The lowest BCUT2D eigenvalue weighted by Crippen LogP contribution is -2.27. The Morgan fingerprint density at radius 2 is 1.87 bits per heavy atom. The zero-order valence-corrected chi connectivity index (χ0v) is 20.3. The molecule has 1 aromatic carbocycles. The van der Waals surface area contributed by atoms with Crippen molar-refractivity contribution < 1.29 is 22.6 Å². The van der Waals surface area contributed by atoms with Gasteiger partial charge in [-0.25, -0.2) is 14.5 Å². The molecule has 0 amide bonds. The molecule has 0 unspecified atom stereocenters. The number of pyridine rings is 1. The number of methoxy groups -OCH3 is 2. The Labute approximate surface area is 213 Å². The smallest absolute Gasteiger partial charge is 0.406 e. The second-order valence-corrected chi connectivity index (χ2v) is 9.10. The molecule has 38 heavy (non-hydrogen) atoms. The number of imidazole rings is 1.